The van der Waals surface area contributed by atoms with Crippen LogP contribution in [0, 0.1) is 17.8 Å². The largest absolute Gasteiger partial charge is 0.462 e. The second kappa shape index (κ2) is 6.26. The number of aromatic nitrogens is 3. The summed E-state index contributed by atoms with van der Waals surface area (Å²) in [7, 11) is 0. The van der Waals surface area contributed by atoms with Crippen molar-refractivity contribution in [2.45, 2.75) is 70.3 Å². The Morgan fingerprint density at radius 2 is 1.80 bits per heavy atom. The lowest BCUT2D eigenvalue weighted by atomic mass is 9.75. The molecule has 4 bridgehead atoms. The van der Waals surface area contributed by atoms with Gasteiger partial charge in [0.15, 0.2) is 0 Å². The summed E-state index contributed by atoms with van der Waals surface area (Å²) < 4.78 is 8.39. The zero-order valence-electron chi connectivity index (χ0n) is 15.6. The predicted octanol–water partition coefficient (Wildman–Crippen LogP) is 3.24. The van der Waals surface area contributed by atoms with E-state index in [9.17, 15) is 0 Å². The second-order valence-electron chi connectivity index (χ2n) is 9.00. The molecule has 1 saturated heterocycles. The van der Waals surface area contributed by atoms with E-state index in [4.69, 9.17) is 9.84 Å². The van der Waals surface area contributed by atoms with Crippen molar-refractivity contribution in [2.24, 2.45) is 17.8 Å². The molecule has 0 aromatic carbocycles. The van der Waals surface area contributed by atoms with Crippen LogP contribution in [0.2, 0.25) is 0 Å². The van der Waals surface area contributed by atoms with Crippen LogP contribution in [-0.4, -0.2) is 45.9 Å². The van der Waals surface area contributed by atoms with Crippen molar-refractivity contribution in [3.63, 3.8) is 0 Å². The monoisotopic (exact) mass is 344 g/mol. The fourth-order valence-electron chi connectivity index (χ4n) is 6.66. The molecule has 5 heteroatoms. The van der Waals surface area contributed by atoms with Crippen molar-refractivity contribution in [1.29, 1.82) is 0 Å². The molecule has 5 aliphatic rings. The number of piperidine rings is 1. The summed E-state index contributed by atoms with van der Waals surface area (Å²) >= 11 is 0. The van der Waals surface area contributed by atoms with Crippen molar-refractivity contribution in [2.75, 3.05) is 26.2 Å². The molecule has 4 saturated carbocycles. The van der Waals surface area contributed by atoms with E-state index in [2.05, 4.69) is 21.5 Å². The van der Waals surface area contributed by atoms with Crippen molar-refractivity contribution in [1.82, 2.24) is 19.7 Å². The molecule has 138 valence electrons. The first-order chi connectivity index (χ1) is 12.3. The van der Waals surface area contributed by atoms with E-state index in [1.165, 1.54) is 70.3 Å². The molecule has 1 aromatic rings. The van der Waals surface area contributed by atoms with Crippen LogP contribution in [-0.2, 0) is 12.0 Å². The van der Waals surface area contributed by atoms with Gasteiger partial charge in [0.1, 0.15) is 12.4 Å². The molecule has 0 N–H and O–H groups in total. The van der Waals surface area contributed by atoms with Crippen LogP contribution >= 0.6 is 0 Å². The average Bonchev–Trinajstić information content (AvgIpc) is 3.23. The van der Waals surface area contributed by atoms with Gasteiger partial charge in [0, 0.05) is 18.5 Å². The Morgan fingerprint density at radius 1 is 1.04 bits per heavy atom. The van der Waals surface area contributed by atoms with Gasteiger partial charge in [-0.05, 0) is 82.7 Å². The first kappa shape index (κ1) is 16.1. The van der Waals surface area contributed by atoms with Gasteiger partial charge in [-0.2, -0.15) is 0 Å². The summed E-state index contributed by atoms with van der Waals surface area (Å²) in [4.78, 5) is 2.52. The third-order valence-electron chi connectivity index (χ3n) is 7.56. The standard InChI is InChI=1S/C20H32N4O/c1-2-24-18(20-13-15-10-16(14-20)12-17(20)11-15)21-22-19(24)25-9-8-23-6-4-3-5-7-23/h15-17H,2-14H2,1H3. The topological polar surface area (TPSA) is 43.2 Å². The Hall–Kier alpha value is -1.10. The highest BCUT2D eigenvalue weighted by Crippen LogP contribution is 2.65. The fraction of sp³-hybridized carbons (Fsp3) is 0.900. The zero-order chi connectivity index (χ0) is 16.9. The smallest absolute Gasteiger partial charge is 0.317 e. The third kappa shape index (κ3) is 2.61. The Labute approximate surface area is 151 Å². The lowest BCUT2D eigenvalue weighted by molar-refractivity contribution is 0.173. The highest BCUT2D eigenvalue weighted by atomic mass is 16.5. The molecule has 5 fully saturated rings. The van der Waals surface area contributed by atoms with Gasteiger partial charge in [-0.3, -0.25) is 9.47 Å². The van der Waals surface area contributed by atoms with Gasteiger partial charge in [-0.1, -0.05) is 11.5 Å². The van der Waals surface area contributed by atoms with Crippen LogP contribution in [0.1, 0.15) is 64.1 Å². The third-order valence-corrected chi connectivity index (χ3v) is 7.56. The predicted molar refractivity (Wildman–Crippen MR) is 96.7 cm³/mol. The summed E-state index contributed by atoms with van der Waals surface area (Å²) in [5, 5.41) is 9.18. The average molecular weight is 345 g/mol. The number of likely N-dealkylation sites (tertiary alicyclic amines) is 1. The molecule has 0 amide bonds. The van der Waals surface area contributed by atoms with Gasteiger partial charge < -0.3 is 4.74 Å². The quantitative estimate of drug-likeness (QED) is 0.794. The minimum Gasteiger partial charge on any atom is -0.462 e. The van der Waals surface area contributed by atoms with Gasteiger partial charge in [0.2, 0.25) is 0 Å². The molecule has 2 heterocycles. The van der Waals surface area contributed by atoms with E-state index in [-0.39, 0.29) is 0 Å². The zero-order valence-corrected chi connectivity index (χ0v) is 15.6. The van der Waals surface area contributed by atoms with Crippen LogP contribution < -0.4 is 4.74 Å². The molecule has 5 nitrogen and oxygen atoms in total. The van der Waals surface area contributed by atoms with Gasteiger partial charge in [0.25, 0.3) is 0 Å². The molecule has 1 aliphatic heterocycles. The molecule has 2 unspecified atom stereocenters. The highest BCUT2D eigenvalue weighted by molar-refractivity contribution is 5.24. The van der Waals surface area contributed by atoms with E-state index < -0.39 is 0 Å². The lowest BCUT2D eigenvalue weighted by Crippen LogP contribution is -2.33. The Morgan fingerprint density at radius 3 is 2.52 bits per heavy atom. The maximum Gasteiger partial charge on any atom is 0.317 e. The Bertz CT molecular complexity index is 607. The maximum absolute atomic E-state index is 6.10. The molecule has 0 radical (unpaired) electrons. The van der Waals surface area contributed by atoms with E-state index >= 15 is 0 Å². The normalized spacial score (nSPS) is 37.1. The molecule has 6 rings (SSSR count). The Balaban J connectivity index is 1.30. The molecule has 4 aliphatic carbocycles. The van der Waals surface area contributed by atoms with Crippen LogP contribution in [0.15, 0.2) is 0 Å². The van der Waals surface area contributed by atoms with E-state index in [1.807, 2.05) is 0 Å². The molecular weight excluding hydrogens is 312 g/mol. The van der Waals surface area contributed by atoms with Crippen LogP contribution in [0.25, 0.3) is 0 Å². The lowest BCUT2D eigenvalue weighted by Gasteiger charge is -2.32. The van der Waals surface area contributed by atoms with Gasteiger partial charge in [-0.25, -0.2) is 0 Å². The van der Waals surface area contributed by atoms with E-state index in [1.54, 1.807) is 0 Å². The first-order valence-corrected chi connectivity index (χ1v) is 10.6. The number of hydrogen-bond acceptors (Lipinski definition) is 4. The maximum atomic E-state index is 6.10. The summed E-state index contributed by atoms with van der Waals surface area (Å²) in [5.41, 5.74) is 0.324. The highest BCUT2D eigenvalue weighted by Gasteiger charge is 2.60. The number of ether oxygens (including phenoxy) is 1. The number of hydrogen-bond donors (Lipinski definition) is 0. The second-order valence-corrected chi connectivity index (χ2v) is 9.00. The summed E-state index contributed by atoms with van der Waals surface area (Å²) in [6.45, 7) is 7.33. The van der Waals surface area contributed by atoms with Crippen molar-refractivity contribution in [3.05, 3.63) is 5.82 Å². The number of rotatable bonds is 6. The van der Waals surface area contributed by atoms with Gasteiger partial charge >= 0.3 is 6.01 Å². The van der Waals surface area contributed by atoms with Crippen molar-refractivity contribution >= 4 is 0 Å². The number of nitrogens with zero attached hydrogens (tertiary/aromatic N) is 4. The Kier molecular flexibility index (Phi) is 4.03. The SMILES string of the molecule is CCn1c(OCCN2CCCCC2)nnc1C12CC3CC(CC1C3)C2. The summed E-state index contributed by atoms with van der Waals surface area (Å²) in [6, 6.07) is 0.759. The molecule has 25 heavy (non-hydrogen) atoms. The first-order valence-electron chi connectivity index (χ1n) is 10.6. The molecular formula is C20H32N4O. The van der Waals surface area contributed by atoms with Crippen molar-refractivity contribution in [3.8, 4) is 6.01 Å². The van der Waals surface area contributed by atoms with Crippen LogP contribution in [0.3, 0.4) is 0 Å². The van der Waals surface area contributed by atoms with E-state index in [0.717, 1.165) is 43.5 Å². The fourth-order valence-corrected chi connectivity index (χ4v) is 6.66. The van der Waals surface area contributed by atoms with Gasteiger partial charge in [0.05, 0.1) is 0 Å². The summed E-state index contributed by atoms with van der Waals surface area (Å²) in [6.07, 6.45) is 11.1. The molecule has 2 atom stereocenters. The van der Waals surface area contributed by atoms with Gasteiger partial charge in [-0.15, -0.1) is 5.10 Å². The minimum absolute atomic E-state index is 0.324. The minimum atomic E-state index is 0.324. The van der Waals surface area contributed by atoms with Crippen LogP contribution in [0.4, 0.5) is 0 Å². The summed E-state index contributed by atoms with van der Waals surface area (Å²) in [5.74, 6) is 4.00. The van der Waals surface area contributed by atoms with E-state index in [0.29, 0.717) is 5.41 Å². The molecule has 1 aromatic heterocycles. The van der Waals surface area contributed by atoms with Crippen LogP contribution in [0.5, 0.6) is 6.01 Å². The van der Waals surface area contributed by atoms with Crippen molar-refractivity contribution < 1.29 is 4.74 Å². The molecule has 0 spiro atoms.